The van der Waals surface area contributed by atoms with Crippen molar-refractivity contribution in [3.05, 3.63) is 23.3 Å². The molecule has 0 spiro atoms. The van der Waals surface area contributed by atoms with Gasteiger partial charge in [0.25, 0.3) is 0 Å². The minimum Gasteiger partial charge on any atom is -0.124 e. The van der Waals surface area contributed by atoms with Crippen LogP contribution in [0.4, 0.5) is 0 Å². The first kappa shape index (κ1) is 11.8. The molecule has 0 fully saturated rings. The van der Waals surface area contributed by atoms with Gasteiger partial charge in [-0.25, -0.2) is 0 Å². The molecular weight excluding hydrogens is 120 g/mol. The highest BCUT2D eigenvalue weighted by Gasteiger charge is 1.71. The summed E-state index contributed by atoms with van der Waals surface area (Å²) in [5.74, 6) is 0. The van der Waals surface area contributed by atoms with Gasteiger partial charge in [0.1, 0.15) is 0 Å². The zero-order chi connectivity index (χ0) is 8.57. The maximum absolute atomic E-state index is 4.00. The highest BCUT2D eigenvalue weighted by molar-refractivity contribution is 5.12. The van der Waals surface area contributed by atoms with E-state index in [0.717, 1.165) is 0 Å². The van der Waals surface area contributed by atoms with E-state index in [2.05, 4.69) is 52.7 Å². The van der Waals surface area contributed by atoms with Crippen molar-refractivity contribution >= 4 is 0 Å². The predicted molar refractivity (Wildman–Crippen MR) is 48.8 cm³/mol. The Hall–Kier alpha value is -0.960. The molecule has 0 aliphatic rings. The summed E-state index contributed by atoms with van der Waals surface area (Å²) in [6, 6.07) is 0. The molecule has 0 nitrogen and oxygen atoms in total. The lowest BCUT2D eigenvalue weighted by Gasteiger charge is -1.84. The average molecular weight is 136 g/mol. The number of terminal acetylenes is 1. The summed E-state index contributed by atoms with van der Waals surface area (Å²) >= 11 is 0. The van der Waals surface area contributed by atoms with Crippen molar-refractivity contribution in [3.8, 4) is 12.8 Å². The Morgan fingerprint density at radius 2 is 1.00 bits per heavy atom. The molecule has 0 N–H and O–H groups in total. The standard InChI is InChI=1S/C8H14.C2H2/c1-7(2)5-6-8(3)4;1-2/h5-6H,1-4H3;1-2H. The number of rotatable bonds is 1. The molecule has 0 heterocycles. The first-order chi connectivity index (χ1) is 4.63. The van der Waals surface area contributed by atoms with E-state index in [1.54, 1.807) is 0 Å². The third-order valence-electron chi connectivity index (χ3n) is 0.750. The molecule has 0 heteroatoms. The Morgan fingerprint density at radius 3 is 1.10 bits per heavy atom. The Balaban J connectivity index is 0. The van der Waals surface area contributed by atoms with E-state index >= 15 is 0 Å². The Kier molecular flexibility index (Phi) is 9.48. The van der Waals surface area contributed by atoms with E-state index < -0.39 is 0 Å². The predicted octanol–water partition coefficient (Wildman–Crippen LogP) is 3.17. The summed E-state index contributed by atoms with van der Waals surface area (Å²) in [7, 11) is 0. The van der Waals surface area contributed by atoms with E-state index in [1.807, 2.05) is 0 Å². The van der Waals surface area contributed by atoms with Crippen LogP contribution < -0.4 is 0 Å². The van der Waals surface area contributed by atoms with Crippen molar-refractivity contribution in [3.63, 3.8) is 0 Å². The van der Waals surface area contributed by atoms with Crippen molar-refractivity contribution in [2.75, 3.05) is 0 Å². The monoisotopic (exact) mass is 136 g/mol. The highest BCUT2D eigenvalue weighted by Crippen LogP contribution is 1.93. The fourth-order valence-electron chi connectivity index (χ4n) is 0.333. The SMILES string of the molecule is C#C.CC(C)=CC=C(C)C. The number of hydrogen-bond donors (Lipinski definition) is 0. The summed E-state index contributed by atoms with van der Waals surface area (Å²) in [6.07, 6.45) is 12.2. The molecule has 0 unspecified atom stereocenters. The topological polar surface area (TPSA) is 0 Å². The molecule has 0 aliphatic heterocycles. The van der Waals surface area contributed by atoms with Crippen molar-refractivity contribution < 1.29 is 0 Å². The van der Waals surface area contributed by atoms with E-state index in [0.29, 0.717) is 0 Å². The van der Waals surface area contributed by atoms with Crippen molar-refractivity contribution in [2.24, 2.45) is 0 Å². The van der Waals surface area contributed by atoms with Gasteiger partial charge in [-0.3, -0.25) is 0 Å². The van der Waals surface area contributed by atoms with Crippen LogP contribution in [-0.4, -0.2) is 0 Å². The number of hydrogen-bond acceptors (Lipinski definition) is 0. The molecule has 10 heavy (non-hydrogen) atoms. The quantitative estimate of drug-likeness (QED) is 0.383. The second kappa shape index (κ2) is 8.04. The average Bonchev–Trinajstić information content (AvgIpc) is 1.89. The van der Waals surface area contributed by atoms with E-state index in [9.17, 15) is 0 Å². The van der Waals surface area contributed by atoms with Gasteiger partial charge in [0.15, 0.2) is 0 Å². The second-order valence-electron chi connectivity index (χ2n) is 2.49. The normalized spacial score (nSPS) is 6.60. The van der Waals surface area contributed by atoms with Crippen LogP contribution in [0.3, 0.4) is 0 Å². The van der Waals surface area contributed by atoms with Crippen LogP contribution in [0.15, 0.2) is 23.3 Å². The van der Waals surface area contributed by atoms with Crippen LogP contribution in [-0.2, 0) is 0 Å². The number of allylic oxidation sites excluding steroid dienone is 4. The van der Waals surface area contributed by atoms with Gasteiger partial charge in [-0.05, 0) is 27.7 Å². The van der Waals surface area contributed by atoms with Crippen LogP contribution >= 0.6 is 0 Å². The largest absolute Gasteiger partial charge is 0.124 e. The molecule has 0 aromatic carbocycles. The highest BCUT2D eigenvalue weighted by atomic mass is 13.8. The van der Waals surface area contributed by atoms with Gasteiger partial charge in [0.2, 0.25) is 0 Å². The summed E-state index contributed by atoms with van der Waals surface area (Å²) in [5.41, 5.74) is 2.71. The molecule has 0 saturated heterocycles. The summed E-state index contributed by atoms with van der Waals surface area (Å²) in [6.45, 7) is 8.39. The molecule has 56 valence electrons. The van der Waals surface area contributed by atoms with Gasteiger partial charge >= 0.3 is 0 Å². The smallest absolute Gasteiger partial charge is 0.0439 e. The molecule has 0 rings (SSSR count). The Morgan fingerprint density at radius 1 is 0.800 bits per heavy atom. The summed E-state index contributed by atoms with van der Waals surface area (Å²) in [4.78, 5) is 0. The third-order valence-corrected chi connectivity index (χ3v) is 0.750. The van der Waals surface area contributed by atoms with Crippen molar-refractivity contribution in [1.29, 1.82) is 0 Å². The van der Waals surface area contributed by atoms with Gasteiger partial charge in [-0.1, -0.05) is 23.3 Å². The van der Waals surface area contributed by atoms with Gasteiger partial charge in [0.05, 0.1) is 0 Å². The lowest BCUT2D eigenvalue weighted by atomic mass is 10.2. The molecule has 0 saturated carbocycles. The minimum atomic E-state index is 1.35. The molecule has 0 aromatic rings. The molecule has 0 aliphatic carbocycles. The second-order valence-corrected chi connectivity index (χ2v) is 2.49. The van der Waals surface area contributed by atoms with E-state index in [-0.39, 0.29) is 0 Å². The molecular formula is C10H16. The van der Waals surface area contributed by atoms with Crippen LogP contribution in [0, 0.1) is 12.8 Å². The maximum Gasteiger partial charge on any atom is -0.0439 e. The molecule has 0 bridgehead atoms. The Labute approximate surface area is 64.6 Å². The first-order valence-electron chi connectivity index (χ1n) is 3.24. The zero-order valence-corrected chi connectivity index (χ0v) is 7.31. The third kappa shape index (κ3) is 15.7. The molecule has 0 radical (unpaired) electrons. The Bertz CT molecular complexity index is 121. The van der Waals surface area contributed by atoms with Crippen LogP contribution in [0.1, 0.15) is 27.7 Å². The first-order valence-corrected chi connectivity index (χ1v) is 3.24. The molecule has 0 aromatic heterocycles. The van der Waals surface area contributed by atoms with Crippen molar-refractivity contribution in [1.82, 2.24) is 0 Å². The minimum absolute atomic E-state index is 1.35. The van der Waals surface area contributed by atoms with E-state index in [4.69, 9.17) is 0 Å². The fraction of sp³-hybridized carbons (Fsp3) is 0.400. The van der Waals surface area contributed by atoms with Gasteiger partial charge < -0.3 is 0 Å². The fourth-order valence-corrected chi connectivity index (χ4v) is 0.333. The van der Waals surface area contributed by atoms with Gasteiger partial charge in [0, 0.05) is 0 Å². The summed E-state index contributed by atoms with van der Waals surface area (Å²) < 4.78 is 0. The van der Waals surface area contributed by atoms with Crippen LogP contribution in [0.2, 0.25) is 0 Å². The molecule has 0 amide bonds. The van der Waals surface area contributed by atoms with Crippen molar-refractivity contribution in [2.45, 2.75) is 27.7 Å². The lowest BCUT2D eigenvalue weighted by molar-refractivity contribution is 1.35. The van der Waals surface area contributed by atoms with Gasteiger partial charge in [-0.15, -0.1) is 12.8 Å². The molecule has 0 atom stereocenters. The van der Waals surface area contributed by atoms with Crippen LogP contribution in [0.25, 0.3) is 0 Å². The summed E-state index contributed by atoms with van der Waals surface area (Å²) in [5, 5.41) is 0. The van der Waals surface area contributed by atoms with E-state index in [1.165, 1.54) is 11.1 Å². The van der Waals surface area contributed by atoms with Gasteiger partial charge in [-0.2, -0.15) is 0 Å². The lowest BCUT2D eigenvalue weighted by Crippen LogP contribution is -1.62. The maximum atomic E-state index is 4.00. The van der Waals surface area contributed by atoms with Crippen LogP contribution in [0.5, 0.6) is 0 Å². The zero-order valence-electron chi connectivity index (χ0n) is 7.31.